The molecule has 0 saturated carbocycles. The topological polar surface area (TPSA) is 32.3 Å². The highest BCUT2D eigenvalue weighted by Crippen LogP contribution is 2.15. The van der Waals surface area contributed by atoms with E-state index in [4.69, 9.17) is 0 Å². The number of nitrogens with one attached hydrogen (secondary N) is 1. The second-order valence-corrected chi connectivity index (χ2v) is 4.28. The molecule has 3 nitrogen and oxygen atoms in total. The van der Waals surface area contributed by atoms with E-state index < -0.39 is 0 Å². The van der Waals surface area contributed by atoms with Crippen molar-refractivity contribution in [1.29, 1.82) is 0 Å². The van der Waals surface area contributed by atoms with E-state index in [1.165, 1.54) is 11.1 Å². The Morgan fingerprint density at radius 1 is 1.31 bits per heavy atom. The molecule has 1 rings (SSSR count). The van der Waals surface area contributed by atoms with Crippen LogP contribution in [0.15, 0.2) is 18.2 Å². The maximum Gasteiger partial charge on any atom is 0.223 e. The van der Waals surface area contributed by atoms with Crippen molar-refractivity contribution in [3.05, 3.63) is 29.3 Å². The number of nitrogens with zero attached hydrogens (tertiary/aromatic N) is 1. The summed E-state index contributed by atoms with van der Waals surface area (Å²) in [5, 5.41) is 3.28. The Balaban J connectivity index is 2.46. The number of benzene rings is 1. The zero-order chi connectivity index (χ0) is 12.1. The predicted octanol–water partition coefficient (Wildman–Crippen LogP) is 2.19. The third-order valence-corrected chi connectivity index (χ3v) is 2.54. The van der Waals surface area contributed by atoms with E-state index in [0.29, 0.717) is 13.0 Å². The van der Waals surface area contributed by atoms with Crippen molar-refractivity contribution in [1.82, 2.24) is 4.90 Å². The number of amides is 1. The summed E-state index contributed by atoms with van der Waals surface area (Å²) < 4.78 is 0. The second kappa shape index (κ2) is 5.54. The van der Waals surface area contributed by atoms with Gasteiger partial charge >= 0.3 is 0 Å². The molecule has 1 aromatic carbocycles. The van der Waals surface area contributed by atoms with Crippen LogP contribution in [-0.4, -0.2) is 31.4 Å². The minimum Gasteiger partial charge on any atom is -0.384 e. The van der Waals surface area contributed by atoms with Gasteiger partial charge in [-0.2, -0.15) is 0 Å². The van der Waals surface area contributed by atoms with Crippen molar-refractivity contribution >= 4 is 11.6 Å². The first-order valence-electron chi connectivity index (χ1n) is 5.52. The maximum absolute atomic E-state index is 11.4. The van der Waals surface area contributed by atoms with Gasteiger partial charge in [-0.25, -0.2) is 0 Å². The molecular weight excluding hydrogens is 200 g/mol. The van der Waals surface area contributed by atoms with Gasteiger partial charge < -0.3 is 10.2 Å². The van der Waals surface area contributed by atoms with E-state index >= 15 is 0 Å². The zero-order valence-electron chi connectivity index (χ0n) is 10.5. The lowest BCUT2D eigenvalue weighted by molar-refractivity contribution is -0.128. The van der Waals surface area contributed by atoms with Crippen LogP contribution in [0.25, 0.3) is 0 Å². The summed E-state index contributed by atoms with van der Waals surface area (Å²) in [5.41, 5.74) is 3.59. The number of hydrogen-bond acceptors (Lipinski definition) is 2. The largest absolute Gasteiger partial charge is 0.384 e. The third-order valence-electron chi connectivity index (χ3n) is 2.54. The van der Waals surface area contributed by atoms with Crippen molar-refractivity contribution in [3.8, 4) is 0 Å². The van der Waals surface area contributed by atoms with Gasteiger partial charge in [-0.05, 0) is 25.5 Å². The van der Waals surface area contributed by atoms with Gasteiger partial charge in [0.05, 0.1) is 0 Å². The number of rotatable bonds is 4. The van der Waals surface area contributed by atoms with Gasteiger partial charge in [-0.3, -0.25) is 4.79 Å². The zero-order valence-corrected chi connectivity index (χ0v) is 10.5. The number of aryl methyl sites for hydroxylation is 2. The van der Waals surface area contributed by atoms with Crippen LogP contribution >= 0.6 is 0 Å². The van der Waals surface area contributed by atoms with Crippen LogP contribution in [0, 0.1) is 13.8 Å². The maximum atomic E-state index is 11.4. The van der Waals surface area contributed by atoms with Crippen molar-refractivity contribution in [2.45, 2.75) is 20.3 Å². The average molecular weight is 220 g/mol. The fourth-order valence-corrected chi connectivity index (χ4v) is 1.54. The summed E-state index contributed by atoms with van der Waals surface area (Å²) in [6.07, 6.45) is 0.528. The second-order valence-electron chi connectivity index (χ2n) is 4.28. The molecule has 0 bridgehead atoms. The van der Waals surface area contributed by atoms with Gasteiger partial charge in [0.1, 0.15) is 0 Å². The smallest absolute Gasteiger partial charge is 0.223 e. The lowest BCUT2D eigenvalue weighted by Gasteiger charge is -2.12. The average Bonchev–Trinajstić information content (AvgIpc) is 2.20. The molecule has 0 atom stereocenters. The number of carbonyl (C=O) groups excluding carboxylic acids is 1. The van der Waals surface area contributed by atoms with E-state index in [1.807, 2.05) is 0 Å². The van der Waals surface area contributed by atoms with E-state index in [2.05, 4.69) is 37.4 Å². The lowest BCUT2D eigenvalue weighted by Crippen LogP contribution is -2.24. The monoisotopic (exact) mass is 220 g/mol. The molecule has 1 amide bonds. The van der Waals surface area contributed by atoms with Gasteiger partial charge in [0.2, 0.25) is 5.91 Å². The minimum absolute atomic E-state index is 0.150. The molecule has 1 N–H and O–H groups in total. The van der Waals surface area contributed by atoms with Gasteiger partial charge in [0.25, 0.3) is 0 Å². The Morgan fingerprint density at radius 3 is 2.56 bits per heavy atom. The predicted molar refractivity (Wildman–Crippen MR) is 67.7 cm³/mol. The van der Waals surface area contributed by atoms with Gasteiger partial charge in [-0.1, -0.05) is 17.7 Å². The van der Waals surface area contributed by atoms with Crippen molar-refractivity contribution in [2.75, 3.05) is 26.0 Å². The fourth-order valence-electron chi connectivity index (χ4n) is 1.54. The highest BCUT2D eigenvalue weighted by atomic mass is 16.2. The van der Waals surface area contributed by atoms with Crippen molar-refractivity contribution < 1.29 is 4.79 Å². The molecule has 0 radical (unpaired) electrons. The summed E-state index contributed by atoms with van der Waals surface area (Å²) in [5.74, 6) is 0.150. The molecule has 0 spiro atoms. The summed E-state index contributed by atoms with van der Waals surface area (Å²) in [6, 6.07) is 6.27. The minimum atomic E-state index is 0.150. The van der Waals surface area contributed by atoms with Crippen LogP contribution in [0.3, 0.4) is 0 Å². The highest BCUT2D eigenvalue weighted by molar-refractivity contribution is 5.76. The molecule has 0 aliphatic heterocycles. The molecule has 0 aliphatic carbocycles. The van der Waals surface area contributed by atoms with Gasteiger partial charge in [0, 0.05) is 32.7 Å². The molecule has 0 aliphatic rings. The van der Waals surface area contributed by atoms with Crippen LogP contribution in [0.5, 0.6) is 0 Å². The first-order chi connectivity index (χ1) is 7.50. The van der Waals surface area contributed by atoms with E-state index in [0.717, 1.165) is 5.69 Å². The summed E-state index contributed by atoms with van der Waals surface area (Å²) in [7, 11) is 3.55. The molecule has 0 fully saturated rings. The lowest BCUT2D eigenvalue weighted by atomic mass is 10.1. The van der Waals surface area contributed by atoms with E-state index in [9.17, 15) is 4.79 Å². The molecule has 0 saturated heterocycles. The Hall–Kier alpha value is -1.51. The Bertz CT molecular complexity index is 372. The molecule has 0 aromatic heterocycles. The molecular formula is C13H20N2O. The van der Waals surface area contributed by atoms with Gasteiger partial charge in [0.15, 0.2) is 0 Å². The molecule has 88 valence electrons. The van der Waals surface area contributed by atoms with Crippen LogP contribution in [0.2, 0.25) is 0 Å². The molecule has 16 heavy (non-hydrogen) atoms. The van der Waals surface area contributed by atoms with Crippen LogP contribution in [0.1, 0.15) is 17.5 Å². The Labute approximate surface area is 97.5 Å². The standard InChI is InChI=1S/C13H20N2O/c1-10-5-6-12(11(2)9-10)14-8-7-13(16)15(3)4/h5-6,9,14H,7-8H2,1-4H3. The van der Waals surface area contributed by atoms with Crippen LogP contribution < -0.4 is 5.32 Å². The first-order valence-corrected chi connectivity index (χ1v) is 5.52. The SMILES string of the molecule is Cc1ccc(NCCC(=O)N(C)C)c(C)c1. The summed E-state index contributed by atoms with van der Waals surface area (Å²) in [6.45, 7) is 4.83. The molecule has 3 heteroatoms. The highest BCUT2D eigenvalue weighted by Gasteiger charge is 2.03. The van der Waals surface area contributed by atoms with E-state index in [-0.39, 0.29) is 5.91 Å². The third kappa shape index (κ3) is 3.57. The van der Waals surface area contributed by atoms with Crippen LogP contribution in [0.4, 0.5) is 5.69 Å². The number of carbonyl (C=O) groups is 1. The normalized spacial score (nSPS) is 10.0. The van der Waals surface area contributed by atoms with Crippen molar-refractivity contribution in [3.63, 3.8) is 0 Å². The first kappa shape index (κ1) is 12.6. The van der Waals surface area contributed by atoms with Crippen LogP contribution in [-0.2, 0) is 4.79 Å². The molecule has 0 unspecified atom stereocenters. The Morgan fingerprint density at radius 2 is 2.00 bits per heavy atom. The quantitative estimate of drug-likeness (QED) is 0.843. The van der Waals surface area contributed by atoms with E-state index in [1.54, 1.807) is 19.0 Å². The number of anilines is 1. The fraction of sp³-hybridized carbons (Fsp3) is 0.462. The Kier molecular flexibility index (Phi) is 4.35. The molecule has 1 aromatic rings. The molecule has 0 heterocycles. The van der Waals surface area contributed by atoms with Gasteiger partial charge in [-0.15, -0.1) is 0 Å². The summed E-state index contributed by atoms with van der Waals surface area (Å²) >= 11 is 0. The number of hydrogen-bond donors (Lipinski definition) is 1. The van der Waals surface area contributed by atoms with Crippen molar-refractivity contribution in [2.24, 2.45) is 0 Å². The summed E-state index contributed by atoms with van der Waals surface area (Å²) in [4.78, 5) is 13.0.